The van der Waals surface area contributed by atoms with Gasteiger partial charge < -0.3 is 15.5 Å². The number of anilines is 2. The fraction of sp³-hybridized carbons (Fsp3) is 0.480. The first kappa shape index (κ1) is 23.6. The van der Waals surface area contributed by atoms with Crippen molar-refractivity contribution in [3.63, 3.8) is 0 Å². The number of nitrogens with one attached hydrogen (secondary N) is 3. The molecule has 33 heavy (non-hydrogen) atoms. The number of benzene rings is 2. The highest BCUT2D eigenvalue weighted by Gasteiger charge is 2.22. The van der Waals surface area contributed by atoms with Crippen LogP contribution in [0, 0.1) is 0 Å². The van der Waals surface area contributed by atoms with E-state index in [1.807, 2.05) is 26.0 Å². The highest BCUT2D eigenvalue weighted by atomic mass is 32.2. The SMILES string of the molecule is CCC(C)NC(=O)c1cc(NS(=O)(=O)c2ccc3c(c2)CCCC3)ccc1N1CCNCC1. The van der Waals surface area contributed by atoms with Crippen LogP contribution in [0.2, 0.25) is 0 Å². The number of rotatable bonds is 7. The Bertz CT molecular complexity index is 1110. The summed E-state index contributed by atoms with van der Waals surface area (Å²) in [6.45, 7) is 7.27. The van der Waals surface area contributed by atoms with Crippen molar-refractivity contribution < 1.29 is 13.2 Å². The quantitative estimate of drug-likeness (QED) is 0.578. The number of fused-ring (bicyclic) bond motifs is 1. The topological polar surface area (TPSA) is 90.5 Å². The zero-order valence-electron chi connectivity index (χ0n) is 19.5. The smallest absolute Gasteiger partial charge is 0.261 e. The Balaban J connectivity index is 1.63. The van der Waals surface area contributed by atoms with E-state index in [0.717, 1.165) is 69.5 Å². The molecule has 1 fully saturated rings. The Labute approximate surface area is 197 Å². The van der Waals surface area contributed by atoms with Crippen LogP contribution in [0.5, 0.6) is 0 Å². The number of hydrogen-bond donors (Lipinski definition) is 3. The minimum Gasteiger partial charge on any atom is -0.368 e. The lowest BCUT2D eigenvalue weighted by Gasteiger charge is -2.31. The average molecular weight is 471 g/mol. The molecule has 1 aliphatic carbocycles. The molecule has 0 saturated carbocycles. The standard InChI is InChI=1S/C25H34N4O3S/c1-3-18(2)27-25(30)23-17-21(9-11-24(23)29-14-12-26-13-15-29)28-33(31,32)22-10-8-19-6-4-5-7-20(19)16-22/h8-11,16-18,26,28H,3-7,12-15H2,1-2H3,(H,27,30). The molecule has 4 rings (SSSR count). The number of carbonyl (C=O) groups excluding carboxylic acids is 1. The number of amides is 1. The molecule has 1 saturated heterocycles. The minimum absolute atomic E-state index is 0.0317. The second-order valence-electron chi connectivity index (χ2n) is 8.99. The van der Waals surface area contributed by atoms with Crippen molar-refractivity contribution in [1.82, 2.24) is 10.6 Å². The third kappa shape index (κ3) is 5.50. The Kier molecular flexibility index (Phi) is 7.24. The highest BCUT2D eigenvalue weighted by molar-refractivity contribution is 7.92. The van der Waals surface area contributed by atoms with Crippen LogP contribution in [-0.2, 0) is 22.9 Å². The lowest BCUT2D eigenvalue weighted by molar-refractivity contribution is 0.0939. The van der Waals surface area contributed by atoms with Gasteiger partial charge in [-0.25, -0.2) is 8.42 Å². The van der Waals surface area contributed by atoms with Crippen molar-refractivity contribution in [2.75, 3.05) is 35.8 Å². The first-order valence-corrected chi connectivity index (χ1v) is 13.4. The number of sulfonamides is 1. The van der Waals surface area contributed by atoms with Gasteiger partial charge in [0.05, 0.1) is 10.5 Å². The van der Waals surface area contributed by atoms with Crippen molar-refractivity contribution in [3.05, 3.63) is 53.1 Å². The molecule has 1 atom stereocenters. The Morgan fingerprint density at radius 3 is 2.52 bits per heavy atom. The molecule has 2 aromatic rings. The van der Waals surface area contributed by atoms with Crippen molar-refractivity contribution >= 4 is 27.3 Å². The van der Waals surface area contributed by atoms with Gasteiger partial charge >= 0.3 is 0 Å². The van der Waals surface area contributed by atoms with E-state index in [4.69, 9.17) is 0 Å². The van der Waals surface area contributed by atoms with E-state index in [1.54, 1.807) is 24.3 Å². The van der Waals surface area contributed by atoms with E-state index in [1.165, 1.54) is 5.56 Å². The largest absolute Gasteiger partial charge is 0.368 e. The molecule has 1 unspecified atom stereocenters. The van der Waals surface area contributed by atoms with Gasteiger partial charge in [0.15, 0.2) is 0 Å². The molecular weight excluding hydrogens is 436 g/mol. The van der Waals surface area contributed by atoms with E-state index >= 15 is 0 Å². The Morgan fingerprint density at radius 1 is 1.06 bits per heavy atom. The van der Waals surface area contributed by atoms with Crippen LogP contribution in [0.1, 0.15) is 54.6 Å². The molecule has 7 nitrogen and oxygen atoms in total. The first-order valence-electron chi connectivity index (χ1n) is 11.9. The van der Waals surface area contributed by atoms with Gasteiger partial charge in [0, 0.05) is 43.6 Å². The van der Waals surface area contributed by atoms with Gasteiger partial charge in [-0.1, -0.05) is 13.0 Å². The molecule has 0 spiro atoms. The highest BCUT2D eigenvalue weighted by Crippen LogP contribution is 2.28. The second-order valence-corrected chi connectivity index (χ2v) is 10.7. The third-order valence-corrected chi connectivity index (χ3v) is 7.95. The van der Waals surface area contributed by atoms with Crippen molar-refractivity contribution in [2.24, 2.45) is 0 Å². The molecule has 0 aromatic heterocycles. The molecule has 8 heteroatoms. The van der Waals surface area contributed by atoms with Gasteiger partial charge in [-0.15, -0.1) is 0 Å². The maximum atomic E-state index is 13.1. The number of carbonyl (C=O) groups is 1. The number of hydrogen-bond acceptors (Lipinski definition) is 5. The van der Waals surface area contributed by atoms with Crippen molar-refractivity contribution in [3.8, 4) is 0 Å². The van der Waals surface area contributed by atoms with E-state index in [9.17, 15) is 13.2 Å². The molecule has 0 bridgehead atoms. The summed E-state index contributed by atoms with van der Waals surface area (Å²) in [5, 5.41) is 6.35. The van der Waals surface area contributed by atoms with Gasteiger partial charge in [-0.3, -0.25) is 9.52 Å². The van der Waals surface area contributed by atoms with Crippen LogP contribution in [0.25, 0.3) is 0 Å². The van der Waals surface area contributed by atoms with Crippen LogP contribution in [-0.4, -0.2) is 46.5 Å². The van der Waals surface area contributed by atoms with Gasteiger partial charge in [-0.2, -0.15) is 0 Å². The van der Waals surface area contributed by atoms with Crippen LogP contribution in [0.3, 0.4) is 0 Å². The van der Waals surface area contributed by atoms with E-state index in [-0.39, 0.29) is 16.8 Å². The summed E-state index contributed by atoms with van der Waals surface area (Å²) < 4.78 is 29.0. The summed E-state index contributed by atoms with van der Waals surface area (Å²) in [5.74, 6) is -0.187. The fourth-order valence-electron chi connectivity index (χ4n) is 4.46. The maximum Gasteiger partial charge on any atom is 0.261 e. The van der Waals surface area contributed by atoms with Crippen molar-refractivity contribution in [2.45, 2.75) is 56.9 Å². The van der Waals surface area contributed by atoms with Crippen LogP contribution in [0.15, 0.2) is 41.3 Å². The lowest BCUT2D eigenvalue weighted by atomic mass is 9.92. The molecular formula is C25H34N4O3S. The first-order chi connectivity index (χ1) is 15.9. The average Bonchev–Trinajstić information content (AvgIpc) is 2.83. The van der Waals surface area contributed by atoms with E-state index in [0.29, 0.717) is 11.3 Å². The Morgan fingerprint density at radius 2 is 1.79 bits per heavy atom. The summed E-state index contributed by atoms with van der Waals surface area (Å²) in [6.07, 6.45) is 4.98. The van der Waals surface area contributed by atoms with Crippen LogP contribution < -0.4 is 20.3 Å². The summed E-state index contributed by atoms with van der Waals surface area (Å²) in [6, 6.07) is 10.7. The lowest BCUT2D eigenvalue weighted by Crippen LogP contribution is -2.44. The zero-order valence-corrected chi connectivity index (χ0v) is 20.3. The minimum atomic E-state index is -3.76. The van der Waals surface area contributed by atoms with E-state index < -0.39 is 10.0 Å². The molecule has 0 radical (unpaired) electrons. The Hall–Kier alpha value is -2.58. The van der Waals surface area contributed by atoms with Crippen LogP contribution >= 0.6 is 0 Å². The van der Waals surface area contributed by atoms with Gasteiger partial charge in [0.1, 0.15) is 0 Å². The molecule has 1 heterocycles. The van der Waals surface area contributed by atoms with E-state index in [2.05, 4.69) is 20.3 Å². The summed E-state index contributed by atoms with van der Waals surface area (Å²) in [7, 11) is -3.76. The third-order valence-electron chi connectivity index (χ3n) is 6.57. The predicted molar refractivity (Wildman–Crippen MR) is 133 cm³/mol. The number of piperazine rings is 1. The molecule has 3 N–H and O–H groups in total. The van der Waals surface area contributed by atoms with Gasteiger partial charge in [0.25, 0.3) is 15.9 Å². The number of nitrogens with zero attached hydrogens (tertiary/aromatic N) is 1. The fourth-order valence-corrected chi connectivity index (χ4v) is 5.56. The molecule has 1 amide bonds. The monoisotopic (exact) mass is 470 g/mol. The zero-order chi connectivity index (χ0) is 23.4. The summed E-state index contributed by atoms with van der Waals surface area (Å²) in [5.41, 5.74) is 4.06. The molecule has 2 aliphatic rings. The van der Waals surface area contributed by atoms with Gasteiger partial charge in [-0.05, 0) is 80.5 Å². The molecule has 178 valence electrons. The predicted octanol–water partition coefficient (Wildman–Crippen LogP) is 3.30. The van der Waals surface area contributed by atoms with Gasteiger partial charge in [0.2, 0.25) is 0 Å². The molecule has 2 aromatic carbocycles. The second kappa shape index (κ2) is 10.1. The summed E-state index contributed by atoms with van der Waals surface area (Å²) in [4.78, 5) is 15.5. The van der Waals surface area contributed by atoms with Crippen molar-refractivity contribution in [1.29, 1.82) is 0 Å². The normalized spacial score (nSPS) is 17.2. The number of aryl methyl sites for hydroxylation is 2. The molecule has 1 aliphatic heterocycles. The summed E-state index contributed by atoms with van der Waals surface area (Å²) >= 11 is 0. The maximum absolute atomic E-state index is 13.1. The van der Waals surface area contributed by atoms with Crippen LogP contribution in [0.4, 0.5) is 11.4 Å².